The Morgan fingerprint density at radius 2 is 2.00 bits per heavy atom. The van der Waals surface area contributed by atoms with Crippen molar-refractivity contribution in [3.05, 3.63) is 60.2 Å². The van der Waals surface area contributed by atoms with E-state index in [2.05, 4.69) is 34.3 Å². The number of aromatic nitrogens is 2. The van der Waals surface area contributed by atoms with Crippen LogP contribution in [0.25, 0.3) is 0 Å². The highest BCUT2D eigenvalue weighted by Gasteiger charge is 2.05. The molecule has 0 bridgehead atoms. The molecule has 1 N–H and O–H groups in total. The first kappa shape index (κ1) is 10.8. The molecule has 2 rings (SSSR count). The Hall–Kier alpha value is -1.74. The third-order valence-electron chi connectivity index (χ3n) is 2.48. The van der Waals surface area contributed by atoms with Gasteiger partial charge in [-0.3, -0.25) is 9.97 Å². The molecule has 0 amide bonds. The van der Waals surface area contributed by atoms with Crippen molar-refractivity contribution in [2.75, 3.05) is 0 Å². The van der Waals surface area contributed by atoms with Gasteiger partial charge in [0.1, 0.15) is 0 Å². The van der Waals surface area contributed by atoms with Gasteiger partial charge in [0.05, 0.1) is 5.69 Å². The standard InChI is InChI=1S/C13H15N3/c1-11(13-10-14-7-8-15-13)16-9-12-5-3-2-4-6-12/h2-8,10-11,16H,9H2,1H3. The topological polar surface area (TPSA) is 37.8 Å². The van der Waals surface area contributed by atoms with E-state index in [1.807, 2.05) is 18.2 Å². The van der Waals surface area contributed by atoms with Crippen LogP contribution in [-0.2, 0) is 6.54 Å². The van der Waals surface area contributed by atoms with Gasteiger partial charge in [0.25, 0.3) is 0 Å². The van der Waals surface area contributed by atoms with Crippen molar-refractivity contribution in [2.45, 2.75) is 19.5 Å². The Morgan fingerprint density at radius 3 is 2.69 bits per heavy atom. The van der Waals surface area contributed by atoms with E-state index in [1.165, 1.54) is 5.56 Å². The Labute approximate surface area is 95.6 Å². The Balaban J connectivity index is 1.92. The van der Waals surface area contributed by atoms with E-state index >= 15 is 0 Å². The molecule has 2 aromatic rings. The number of hydrogen-bond acceptors (Lipinski definition) is 3. The predicted octanol–water partition coefficient (Wildman–Crippen LogP) is 2.33. The van der Waals surface area contributed by atoms with Gasteiger partial charge in [0.15, 0.2) is 0 Å². The van der Waals surface area contributed by atoms with Crippen molar-refractivity contribution in [1.82, 2.24) is 15.3 Å². The van der Waals surface area contributed by atoms with E-state index in [9.17, 15) is 0 Å². The molecule has 3 nitrogen and oxygen atoms in total. The molecule has 0 saturated heterocycles. The van der Waals surface area contributed by atoms with E-state index in [4.69, 9.17) is 0 Å². The molecular weight excluding hydrogens is 198 g/mol. The highest BCUT2D eigenvalue weighted by atomic mass is 14.9. The summed E-state index contributed by atoms with van der Waals surface area (Å²) >= 11 is 0. The molecule has 0 aliphatic heterocycles. The van der Waals surface area contributed by atoms with Gasteiger partial charge in [-0.25, -0.2) is 0 Å². The molecule has 1 aromatic heterocycles. The molecule has 0 radical (unpaired) electrons. The number of nitrogens with one attached hydrogen (secondary N) is 1. The van der Waals surface area contributed by atoms with Crippen LogP contribution >= 0.6 is 0 Å². The molecule has 82 valence electrons. The van der Waals surface area contributed by atoms with Gasteiger partial charge in [-0.15, -0.1) is 0 Å². The summed E-state index contributed by atoms with van der Waals surface area (Å²) in [5.74, 6) is 0. The van der Waals surface area contributed by atoms with Crippen molar-refractivity contribution < 1.29 is 0 Å². The van der Waals surface area contributed by atoms with E-state index in [1.54, 1.807) is 18.6 Å². The second kappa shape index (κ2) is 5.37. The highest BCUT2D eigenvalue weighted by molar-refractivity contribution is 5.14. The number of hydrogen-bond donors (Lipinski definition) is 1. The number of benzene rings is 1. The summed E-state index contributed by atoms with van der Waals surface area (Å²) in [5.41, 5.74) is 2.25. The zero-order valence-corrected chi connectivity index (χ0v) is 9.30. The summed E-state index contributed by atoms with van der Waals surface area (Å²) in [6.07, 6.45) is 5.20. The molecule has 1 heterocycles. The molecule has 0 aliphatic rings. The van der Waals surface area contributed by atoms with Crippen molar-refractivity contribution in [1.29, 1.82) is 0 Å². The van der Waals surface area contributed by atoms with E-state index < -0.39 is 0 Å². The van der Waals surface area contributed by atoms with Gasteiger partial charge < -0.3 is 5.32 Å². The van der Waals surface area contributed by atoms with E-state index in [-0.39, 0.29) is 6.04 Å². The van der Waals surface area contributed by atoms with E-state index in [0.29, 0.717) is 0 Å². The van der Waals surface area contributed by atoms with Crippen molar-refractivity contribution in [3.63, 3.8) is 0 Å². The second-order valence-electron chi connectivity index (χ2n) is 3.72. The molecule has 1 unspecified atom stereocenters. The maximum atomic E-state index is 4.27. The fourth-order valence-corrected chi connectivity index (χ4v) is 1.51. The van der Waals surface area contributed by atoms with Crippen LogP contribution in [0.5, 0.6) is 0 Å². The highest BCUT2D eigenvalue weighted by Crippen LogP contribution is 2.08. The minimum atomic E-state index is 0.217. The summed E-state index contributed by atoms with van der Waals surface area (Å²) in [5, 5.41) is 3.41. The van der Waals surface area contributed by atoms with Crippen LogP contribution in [0.2, 0.25) is 0 Å². The number of rotatable bonds is 4. The van der Waals surface area contributed by atoms with Crippen LogP contribution < -0.4 is 5.32 Å². The van der Waals surface area contributed by atoms with Crippen molar-refractivity contribution >= 4 is 0 Å². The van der Waals surface area contributed by atoms with Crippen LogP contribution in [0.3, 0.4) is 0 Å². The average Bonchev–Trinajstić information content (AvgIpc) is 2.38. The smallest absolute Gasteiger partial charge is 0.0753 e. The largest absolute Gasteiger partial charge is 0.305 e. The zero-order valence-electron chi connectivity index (χ0n) is 9.30. The molecule has 0 fully saturated rings. The molecule has 1 atom stereocenters. The second-order valence-corrected chi connectivity index (χ2v) is 3.72. The van der Waals surface area contributed by atoms with E-state index in [0.717, 1.165) is 12.2 Å². The predicted molar refractivity (Wildman–Crippen MR) is 63.7 cm³/mol. The van der Waals surface area contributed by atoms with Crippen LogP contribution in [0.15, 0.2) is 48.9 Å². The molecule has 0 saturated carbocycles. The lowest BCUT2D eigenvalue weighted by molar-refractivity contribution is 0.559. The summed E-state index contributed by atoms with van der Waals surface area (Å²) < 4.78 is 0. The van der Waals surface area contributed by atoms with Crippen LogP contribution in [-0.4, -0.2) is 9.97 Å². The van der Waals surface area contributed by atoms with Gasteiger partial charge in [-0.05, 0) is 12.5 Å². The van der Waals surface area contributed by atoms with Crippen molar-refractivity contribution in [3.8, 4) is 0 Å². The van der Waals surface area contributed by atoms with Gasteiger partial charge in [-0.2, -0.15) is 0 Å². The molecule has 0 spiro atoms. The quantitative estimate of drug-likeness (QED) is 0.847. The first-order valence-corrected chi connectivity index (χ1v) is 5.39. The van der Waals surface area contributed by atoms with Crippen molar-refractivity contribution in [2.24, 2.45) is 0 Å². The summed E-state index contributed by atoms with van der Waals surface area (Å²) in [6.45, 7) is 2.94. The molecular formula is C13H15N3. The first-order valence-electron chi connectivity index (χ1n) is 5.39. The first-order chi connectivity index (χ1) is 7.86. The van der Waals surface area contributed by atoms with Gasteiger partial charge in [0, 0.05) is 31.2 Å². The molecule has 16 heavy (non-hydrogen) atoms. The minimum Gasteiger partial charge on any atom is -0.305 e. The Morgan fingerprint density at radius 1 is 1.19 bits per heavy atom. The third-order valence-corrected chi connectivity index (χ3v) is 2.48. The van der Waals surface area contributed by atoms with Gasteiger partial charge in [-0.1, -0.05) is 30.3 Å². The van der Waals surface area contributed by atoms with Gasteiger partial charge in [0.2, 0.25) is 0 Å². The van der Waals surface area contributed by atoms with Crippen LogP contribution in [0, 0.1) is 0 Å². The third kappa shape index (κ3) is 2.87. The van der Waals surface area contributed by atoms with Crippen LogP contribution in [0.1, 0.15) is 24.2 Å². The molecule has 1 aromatic carbocycles. The lowest BCUT2D eigenvalue weighted by Crippen LogP contribution is -2.19. The zero-order chi connectivity index (χ0) is 11.2. The fourth-order valence-electron chi connectivity index (χ4n) is 1.51. The molecule has 3 heteroatoms. The fraction of sp³-hybridized carbons (Fsp3) is 0.231. The number of nitrogens with zero attached hydrogens (tertiary/aromatic N) is 2. The Bertz CT molecular complexity index is 414. The summed E-state index contributed by atoms with van der Waals surface area (Å²) in [4.78, 5) is 8.32. The SMILES string of the molecule is CC(NCc1ccccc1)c1cnccn1. The van der Waals surface area contributed by atoms with Gasteiger partial charge >= 0.3 is 0 Å². The summed E-state index contributed by atoms with van der Waals surface area (Å²) in [7, 11) is 0. The summed E-state index contributed by atoms with van der Waals surface area (Å²) in [6, 6.07) is 10.5. The lowest BCUT2D eigenvalue weighted by atomic mass is 10.2. The maximum absolute atomic E-state index is 4.27. The normalized spacial score (nSPS) is 12.3. The Kier molecular flexibility index (Phi) is 3.62. The lowest BCUT2D eigenvalue weighted by Gasteiger charge is -2.12. The molecule has 0 aliphatic carbocycles. The minimum absolute atomic E-state index is 0.217. The monoisotopic (exact) mass is 213 g/mol. The average molecular weight is 213 g/mol. The maximum Gasteiger partial charge on any atom is 0.0753 e. The van der Waals surface area contributed by atoms with Crippen LogP contribution in [0.4, 0.5) is 0 Å².